The van der Waals surface area contributed by atoms with Crippen LogP contribution in [0, 0.1) is 0 Å². The molecule has 0 aromatic heterocycles. The second kappa shape index (κ2) is 3.97. The van der Waals surface area contributed by atoms with E-state index in [1.54, 1.807) is 6.07 Å². The maximum Gasteiger partial charge on any atom is 0.122 e. The van der Waals surface area contributed by atoms with Crippen molar-refractivity contribution in [2.45, 2.75) is 19.5 Å². The molecule has 0 aliphatic rings. The van der Waals surface area contributed by atoms with Crippen LogP contribution >= 0.6 is 11.6 Å². The minimum absolute atomic E-state index is 0.261. The quantitative estimate of drug-likeness (QED) is 0.790. The second-order valence-electron chi connectivity index (χ2n) is 3.55. The molecule has 0 bridgehead atoms. The molecule has 13 heavy (non-hydrogen) atoms. The molecule has 72 valence electrons. The summed E-state index contributed by atoms with van der Waals surface area (Å²) >= 11 is 5.87. The molecule has 0 fully saturated rings. The number of rotatable bonds is 3. The normalized spacial score (nSPS) is 11.4. The fraction of sp³-hybridized carbons (Fsp3) is 0.400. The van der Waals surface area contributed by atoms with Crippen molar-refractivity contribution >= 4 is 17.3 Å². The van der Waals surface area contributed by atoms with Crippen molar-refractivity contribution in [2.24, 2.45) is 0 Å². The van der Waals surface area contributed by atoms with Crippen LogP contribution in [0.2, 0.25) is 5.02 Å². The first-order valence-corrected chi connectivity index (χ1v) is 4.54. The number of alkyl halides is 1. The molecule has 0 atom stereocenters. The zero-order chi connectivity index (χ0) is 9.90. The Morgan fingerprint density at radius 1 is 1.38 bits per heavy atom. The minimum Gasteiger partial charge on any atom is -0.381 e. The molecule has 0 heterocycles. The zero-order valence-corrected chi connectivity index (χ0v) is 8.53. The van der Waals surface area contributed by atoms with E-state index >= 15 is 0 Å². The standard InChI is InChI=1S/C10H13ClFN/c1-10(2,12)7-13-9-6-4-3-5-8(9)11/h3-6,13H,7H2,1-2H3. The molecule has 0 amide bonds. The summed E-state index contributed by atoms with van der Waals surface area (Å²) in [6.45, 7) is 3.31. The Morgan fingerprint density at radius 3 is 2.54 bits per heavy atom. The smallest absolute Gasteiger partial charge is 0.122 e. The first kappa shape index (κ1) is 10.3. The number of hydrogen-bond donors (Lipinski definition) is 1. The van der Waals surface area contributed by atoms with Gasteiger partial charge in [-0.2, -0.15) is 0 Å². The molecule has 1 aromatic rings. The monoisotopic (exact) mass is 201 g/mol. The molecule has 1 aromatic carbocycles. The van der Waals surface area contributed by atoms with Crippen LogP contribution in [-0.4, -0.2) is 12.2 Å². The molecule has 0 radical (unpaired) electrons. The highest BCUT2D eigenvalue weighted by molar-refractivity contribution is 6.33. The Morgan fingerprint density at radius 2 is 2.00 bits per heavy atom. The van der Waals surface area contributed by atoms with Crippen molar-refractivity contribution in [1.82, 2.24) is 0 Å². The van der Waals surface area contributed by atoms with Gasteiger partial charge in [0.1, 0.15) is 5.67 Å². The van der Waals surface area contributed by atoms with Gasteiger partial charge < -0.3 is 5.32 Å². The van der Waals surface area contributed by atoms with Gasteiger partial charge in [-0.15, -0.1) is 0 Å². The van der Waals surface area contributed by atoms with Gasteiger partial charge in [0.15, 0.2) is 0 Å². The number of benzene rings is 1. The van der Waals surface area contributed by atoms with Crippen molar-refractivity contribution in [3.05, 3.63) is 29.3 Å². The van der Waals surface area contributed by atoms with Crippen molar-refractivity contribution < 1.29 is 4.39 Å². The highest BCUT2D eigenvalue weighted by atomic mass is 35.5. The average molecular weight is 202 g/mol. The van der Waals surface area contributed by atoms with Gasteiger partial charge in [0.25, 0.3) is 0 Å². The lowest BCUT2D eigenvalue weighted by atomic mass is 10.1. The van der Waals surface area contributed by atoms with Crippen molar-refractivity contribution in [3.8, 4) is 0 Å². The Hall–Kier alpha value is -0.760. The van der Waals surface area contributed by atoms with Gasteiger partial charge in [-0.05, 0) is 26.0 Å². The predicted octanol–water partition coefficient (Wildman–Crippen LogP) is 3.50. The lowest BCUT2D eigenvalue weighted by molar-refractivity contribution is 0.235. The van der Waals surface area contributed by atoms with Gasteiger partial charge in [-0.3, -0.25) is 0 Å². The number of nitrogens with one attached hydrogen (secondary N) is 1. The largest absolute Gasteiger partial charge is 0.381 e. The van der Waals surface area contributed by atoms with E-state index in [-0.39, 0.29) is 6.54 Å². The summed E-state index contributed by atoms with van der Waals surface area (Å²) in [5, 5.41) is 3.56. The Labute approximate surface area is 82.9 Å². The highest BCUT2D eigenvalue weighted by Crippen LogP contribution is 2.21. The van der Waals surface area contributed by atoms with E-state index in [9.17, 15) is 4.39 Å². The van der Waals surface area contributed by atoms with Crippen LogP contribution in [0.25, 0.3) is 0 Å². The Bertz CT molecular complexity index is 280. The van der Waals surface area contributed by atoms with Crippen LogP contribution in [0.5, 0.6) is 0 Å². The van der Waals surface area contributed by atoms with E-state index in [1.807, 2.05) is 18.2 Å². The molecule has 0 spiro atoms. The SMILES string of the molecule is CC(C)(F)CNc1ccccc1Cl. The molecule has 0 saturated heterocycles. The highest BCUT2D eigenvalue weighted by Gasteiger charge is 2.14. The maximum atomic E-state index is 13.1. The van der Waals surface area contributed by atoms with Gasteiger partial charge in [0.2, 0.25) is 0 Å². The van der Waals surface area contributed by atoms with Gasteiger partial charge >= 0.3 is 0 Å². The summed E-state index contributed by atoms with van der Waals surface area (Å²) in [6, 6.07) is 7.30. The van der Waals surface area contributed by atoms with Crippen LogP contribution < -0.4 is 5.32 Å². The van der Waals surface area contributed by atoms with Gasteiger partial charge in [0, 0.05) is 6.54 Å². The molecule has 1 nitrogen and oxygen atoms in total. The first-order chi connectivity index (χ1) is 5.99. The summed E-state index contributed by atoms with van der Waals surface area (Å²) < 4.78 is 13.1. The Kier molecular flexibility index (Phi) is 3.15. The van der Waals surface area contributed by atoms with Crippen LogP contribution in [0.15, 0.2) is 24.3 Å². The number of halogens is 2. The second-order valence-corrected chi connectivity index (χ2v) is 3.96. The molecule has 0 aliphatic carbocycles. The molecule has 1 N–H and O–H groups in total. The van der Waals surface area contributed by atoms with Gasteiger partial charge in [-0.1, -0.05) is 23.7 Å². The first-order valence-electron chi connectivity index (χ1n) is 4.16. The van der Waals surface area contributed by atoms with Gasteiger partial charge in [0.05, 0.1) is 10.7 Å². The van der Waals surface area contributed by atoms with E-state index in [0.29, 0.717) is 5.02 Å². The lowest BCUT2D eigenvalue weighted by Gasteiger charge is -2.16. The average Bonchev–Trinajstić information content (AvgIpc) is 2.01. The van der Waals surface area contributed by atoms with Gasteiger partial charge in [-0.25, -0.2) is 4.39 Å². The van der Waals surface area contributed by atoms with Crippen molar-refractivity contribution in [3.63, 3.8) is 0 Å². The molecule has 0 saturated carbocycles. The molecule has 0 unspecified atom stereocenters. The summed E-state index contributed by atoms with van der Waals surface area (Å²) in [5.74, 6) is 0. The van der Waals surface area contributed by atoms with E-state index in [0.717, 1.165) is 5.69 Å². The molecule has 1 rings (SSSR count). The van der Waals surface area contributed by atoms with E-state index in [4.69, 9.17) is 11.6 Å². The van der Waals surface area contributed by atoms with Crippen molar-refractivity contribution in [1.29, 1.82) is 0 Å². The van der Waals surface area contributed by atoms with E-state index in [2.05, 4.69) is 5.32 Å². The molecule has 3 heteroatoms. The fourth-order valence-corrected chi connectivity index (χ4v) is 1.11. The minimum atomic E-state index is -1.22. The lowest BCUT2D eigenvalue weighted by Crippen LogP contribution is -2.24. The predicted molar refractivity (Wildman–Crippen MR) is 55.1 cm³/mol. The van der Waals surface area contributed by atoms with Crippen LogP contribution in [-0.2, 0) is 0 Å². The third-order valence-corrected chi connectivity index (χ3v) is 1.90. The maximum absolute atomic E-state index is 13.1. The zero-order valence-electron chi connectivity index (χ0n) is 7.77. The summed E-state index contributed by atoms with van der Waals surface area (Å²) in [6.07, 6.45) is 0. The van der Waals surface area contributed by atoms with E-state index < -0.39 is 5.67 Å². The Balaban J connectivity index is 2.60. The van der Waals surface area contributed by atoms with E-state index in [1.165, 1.54) is 13.8 Å². The third kappa shape index (κ3) is 3.64. The summed E-state index contributed by atoms with van der Waals surface area (Å²) in [5.41, 5.74) is -0.450. The fourth-order valence-electron chi connectivity index (χ4n) is 0.910. The van der Waals surface area contributed by atoms with Crippen LogP contribution in [0.1, 0.15) is 13.8 Å². The number of anilines is 1. The van der Waals surface area contributed by atoms with Crippen LogP contribution in [0.4, 0.5) is 10.1 Å². The topological polar surface area (TPSA) is 12.0 Å². The summed E-state index contributed by atoms with van der Waals surface area (Å²) in [7, 11) is 0. The summed E-state index contributed by atoms with van der Waals surface area (Å²) in [4.78, 5) is 0. The third-order valence-electron chi connectivity index (χ3n) is 1.57. The molecular formula is C10H13ClFN. The number of hydrogen-bond acceptors (Lipinski definition) is 1. The van der Waals surface area contributed by atoms with Crippen LogP contribution in [0.3, 0.4) is 0 Å². The number of para-hydroxylation sites is 1. The van der Waals surface area contributed by atoms with Crippen molar-refractivity contribution in [2.75, 3.05) is 11.9 Å². The molecule has 0 aliphatic heterocycles. The molecular weight excluding hydrogens is 189 g/mol.